The maximum Gasteiger partial charge on any atom is 0.0570 e. The fourth-order valence-electron chi connectivity index (χ4n) is 7.46. The molecule has 0 bridgehead atoms. The van der Waals surface area contributed by atoms with Crippen molar-refractivity contribution in [3.05, 3.63) is 131 Å². The predicted octanol–water partition coefficient (Wildman–Crippen LogP) is 11.5. The molecule has 0 saturated heterocycles. The van der Waals surface area contributed by atoms with E-state index in [0.717, 1.165) is 0 Å². The molecule has 0 N–H and O–H groups in total. The Kier molecular flexibility index (Phi) is 5.07. The van der Waals surface area contributed by atoms with Crippen LogP contribution in [-0.4, -0.2) is 9.13 Å². The van der Waals surface area contributed by atoms with Crippen molar-refractivity contribution in [1.82, 2.24) is 9.13 Å². The van der Waals surface area contributed by atoms with Crippen LogP contribution in [-0.2, 0) is 0 Å². The van der Waals surface area contributed by atoms with Crippen LogP contribution in [0.25, 0.3) is 75.2 Å². The molecule has 0 atom stereocenters. The van der Waals surface area contributed by atoms with Crippen LogP contribution in [0.1, 0.15) is 22.3 Å². The van der Waals surface area contributed by atoms with E-state index in [-0.39, 0.29) is 0 Å². The number of benzene rings is 6. The molecule has 43 heavy (non-hydrogen) atoms. The van der Waals surface area contributed by atoms with Gasteiger partial charge in [-0.1, -0.05) is 72.8 Å². The summed E-state index contributed by atoms with van der Waals surface area (Å²) in [6.45, 7) is 8.92. The first-order chi connectivity index (χ1) is 21.0. The van der Waals surface area contributed by atoms with E-state index in [9.17, 15) is 0 Å². The Balaban J connectivity index is 1.35. The zero-order chi connectivity index (χ0) is 29.0. The van der Waals surface area contributed by atoms with Gasteiger partial charge in [-0.15, -0.1) is 11.3 Å². The highest BCUT2D eigenvalue weighted by atomic mass is 32.1. The highest BCUT2D eigenvalue weighted by molar-refractivity contribution is 7.25. The molecule has 9 rings (SSSR count). The molecule has 0 aliphatic heterocycles. The van der Waals surface area contributed by atoms with E-state index >= 15 is 0 Å². The smallest absolute Gasteiger partial charge is 0.0570 e. The second kappa shape index (κ2) is 8.82. The van der Waals surface area contributed by atoms with Gasteiger partial charge in [0.1, 0.15) is 0 Å². The number of para-hydroxylation sites is 4. The molecule has 0 aliphatic carbocycles. The van der Waals surface area contributed by atoms with Gasteiger partial charge in [0.15, 0.2) is 0 Å². The van der Waals surface area contributed by atoms with Crippen molar-refractivity contribution in [2.45, 2.75) is 27.7 Å². The molecule has 0 radical (unpaired) electrons. The van der Waals surface area contributed by atoms with Crippen LogP contribution in [0.4, 0.5) is 0 Å². The summed E-state index contributed by atoms with van der Waals surface area (Å²) in [5.74, 6) is 0. The molecule has 3 aromatic heterocycles. The monoisotopic (exact) mass is 570 g/mol. The van der Waals surface area contributed by atoms with Gasteiger partial charge in [-0.2, -0.15) is 0 Å². The Hall–Kier alpha value is -4.86. The third-order valence-electron chi connectivity index (χ3n) is 9.38. The molecule has 6 aromatic carbocycles. The van der Waals surface area contributed by atoms with E-state index in [2.05, 4.69) is 146 Å². The number of hydrogen-bond acceptors (Lipinski definition) is 1. The van der Waals surface area contributed by atoms with Crippen molar-refractivity contribution in [2.24, 2.45) is 0 Å². The Labute approximate surface area is 254 Å². The van der Waals surface area contributed by atoms with E-state index in [4.69, 9.17) is 0 Å². The van der Waals surface area contributed by atoms with Gasteiger partial charge < -0.3 is 9.13 Å². The van der Waals surface area contributed by atoms with E-state index < -0.39 is 0 Å². The van der Waals surface area contributed by atoms with Crippen molar-refractivity contribution in [3.8, 4) is 11.4 Å². The lowest BCUT2D eigenvalue weighted by molar-refractivity contribution is 1.16. The van der Waals surface area contributed by atoms with Crippen LogP contribution in [0.3, 0.4) is 0 Å². The van der Waals surface area contributed by atoms with Crippen LogP contribution in [0.15, 0.2) is 109 Å². The standard InChI is InChI=1S/C40H30N2S/c1-23-9-5-13-29-30-14-6-10-24(2)38(30)41(37(23)29)27-17-19-35-33(21-27)34-22-28(18-20-36(34)43-35)42-39-25(3)11-7-15-31(39)32-16-8-12-26(4)40(32)42/h5-22H,1-4H3. The maximum atomic E-state index is 2.49. The summed E-state index contributed by atoms with van der Waals surface area (Å²) in [5.41, 5.74) is 12.8. The molecule has 2 nitrogen and oxygen atoms in total. The highest BCUT2D eigenvalue weighted by Crippen LogP contribution is 2.41. The minimum atomic E-state index is 1.21. The highest BCUT2D eigenvalue weighted by Gasteiger charge is 2.19. The van der Waals surface area contributed by atoms with E-state index in [1.807, 2.05) is 11.3 Å². The van der Waals surface area contributed by atoms with Gasteiger partial charge in [0.25, 0.3) is 0 Å². The molecular formula is C40H30N2S. The lowest BCUT2D eigenvalue weighted by Crippen LogP contribution is -1.97. The molecule has 0 aliphatic rings. The average molecular weight is 571 g/mol. The summed E-state index contributed by atoms with van der Waals surface area (Å²) < 4.78 is 7.61. The van der Waals surface area contributed by atoms with Crippen LogP contribution in [0, 0.1) is 27.7 Å². The number of aryl methyl sites for hydroxylation is 4. The van der Waals surface area contributed by atoms with Gasteiger partial charge in [-0.05, 0) is 86.3 Å². The Bertz CT molecular complexity index is 2310. The van der Waals surface area contributed by atoms with Crippen molar-refractivity contribution in [1.29, 1.82) is 0 Å². The largest absolute Gasteiger partial charge is 0.309 e. The summed E-state index contributed by atoms with van der Waals surface area (Å²) in [5, 5.41) is 7.87. The van der Waals surface area contributed by atoms with Gasteiger partial charge in [0.05, 0.1) is 22.1 Å². The lowest BCUT2D eigenvalue weighted by atomic mass is 10.1. The molecule has 0 amide bonds. The Morgan fingerprint density at radius 2 is 0.698 bits per heavy atom. The van der Waals surface area contributed by atoms with Crippen LogP contribution >= 0.6 is 11.3 Å². The van der Waals surface area contributed by atoms with Crippen LogP contribution in [0.2, 0.25) is 0 Å². The summed E-state index contributed by atoms with van der Waals surface area (Å²) in [7, 11) is 0. The second-order valence-electron chi connectivity index (χ2n) is 12.0. The van der Waals surface area contributed by atoms with E-state index in [0.29, 0.717) is 0 Å². The summed E-state index contributed by atoms with van der Waals surface area (Å²) >= 11 is 1.88. The second-order valence-corrected chi connectivity index (χ2v) is 13.1. The molecular weight excluding hydrogens is 541 g/mol. The molecule has 0 spiro atoms. The first-order valence-electron chi connectivity index (χ1n) is 15.0. The van der Waals surface area contributed by atoms with Crippen molar-refractivity contribution in [2.75, 3.05) is 0 Å². The molecule has 3 heteroatoms. The molecule has 9 aromatic rings. The van der Waals surface area contributed by atoms with Gasteiger partial charge >= 0.3 is 0 Å². The number of thiophene rings is 1. The Morgan fingerprint density at radius 1 is 0.372 bits per heavy atom. The first kappa shape index (κ1) is 24.7. The molecule has 0 fully saturated rings. The normalized spacial score (nSPS) is 12.2. The van der Waals surface area contributed by atoms with Gasteiger partial charge in [-0.3, -0.25) is 0 Å². The zero-order valence-electron chi connectivity index (χ0n) is 24.7. The first-order valence-corrected chi connectivity index (χ1v) is 15.8. The molecule has 3 heterocycles. The number of nitrogens with zero attached hydrogens (tertiary/aromatic N) is 2. The topological polar surface area (TPSA) is 9.86 Å². The lowest BCUT2D eigenvalue weighted by Gasteiger charge is -2.12. The SMILES string of the molecule is Cc1cccc2c3cccc(C)c3n(-c3ccc4sc5ccc(-n6c7c(C)cccc7c7cccc(C)c76)cc5c4c3)c12. The number of rotatable bonds is 2. The summed E-state index contributed by atoms with van der Waals surface area (Å²) in [6.07, 6.45) is 0. The third-order valence-corrected chi connectivity index (χ3v) is 10.5. The molecule has 0 unspecified atom stereocenters. The molecule has 0 saturated carbocycles. The van der Waals surface area contributed by atoms with Gasteiger partial charge in [0, 0.05) is 53.1 Å². The number of hydrogen-bond donors (Lipinski definition) is 0. The fourth-order valence-corrected chi connectivity index (χ4v) is 8.53. The van der Waals surface area contributed by atoms with Crippen LogP contribution < -0.4 is 0 Å². The third kappa shape index (κ3) is 3.34. The number of fused-ring (bicyclic) bond motifs is 9. The van der Waals surface area contributed by atoms with E-state index in [1.165, 1.54) is 97.4 Å². The minimum Gasteiger partial charge on any atom is -0.309 e. The van der Waals surface area contributed by atoms with Crippen LogP contribution in [0.5, 0.6) is 0 Å². The Morgan fingerprint density at radius 3 is 1.02 bits per heavy atom. The number of aromatic nitrogens is 2. The minimum absolute atomic E-state index is 1.21. The molecule has 206 valence electrons. The fraction of sp³-hybridized carbons (Fsp3) is 0.100. The zero-order valence-corrected chi connectivity index (χ0v) is 25.5. The predicted molar refractivity (Wildman–Crippen MR) is 187 cm³/mol. The van der Waals surface area contributed by atoms with Crippen molar-refractivity contribution >= 4 is 75.1 Å². The summed E-state index contributed by atoms with van der Waals surface area (Å²) in [4.78, 5) is 0. The van der Waals surface area contributed by atoms with Gasteiger partial charge in [0.2, 0.25) is 0 Å². The summed E-state index contributed by atoms with van der Waals surface area (Å²) in [6, 6.07) is 40.8. The van der Waals surface area contributed by atoms with E-state index in [1.54, 1.807) is 0 Å². The van der Waals surface area contributed by atoms with Gasteiger partial charge in [-0.25, -0.2) is 0 Å². The van der Waals surface area contributed by atoms with Crippen molar-refractivity contribution in [3.63, 3.8) is 0 Å². The maximum absolute atomic E-state index is 2.49. The van der Waals surface area contributed by atoms with Crippen molar-refractivity contribution < 1.29 is 0 Å². The average Bonchev–Trinajstić information content (AvgIpc) is 3.67. The quantitative estimate of drug-likeness (QED) is 0.196.